The molecule has 8 heteroatoms. The number of fused-ring (bicyclic) bond motifs is 21. The van der Waals surface area contributed by atoms with E-state index in [0.717, 1.165) is 139 Å². The molecule has 0 spiro atoms. The fourth-order valence-corrected chi connectivity index (χ4v) is 21.1. The highest BCUT2D eigenvalue weighted by Gasteiger charge is 2.25. The number of hydrogen-bond acceptors (Lipinski definition) is 2. The molecular formula is C120H74N8. The van der Waals surface area contributed by atoms with E-state index in [2.05, 4.69) is 476 Å². The molecule has 594 valence electrons. The molecule has 0 amide bonds. The number of rotatable bonds is 12. The summed E-state index contributed by atoms with van der Waals surface area (Å²) in [5.74, 6) is 0.652. The Morgan fingerprint density at radius 2 is 0.359 bits per heavy atom. The summed E-state index contributed by atoms with van der Waals surface area (Å²) in [6, 6.07) is 165. The Balaban J connectivity index is 0.586. The lowest BCUT2D eigenvalue weighted by Gasteiger charge is -2.14. The molecule has 0 N–H and O–H groups in total. The molecule has 0 aliphatic carbocycles. The third-order valence-corrected chi connectivity index (χ3v) is 27.0. The lowest BCUT2D eigenvalue weighted by molar-refractivity contribution is 1.17. The predicted octanol–water partition coefficient (Wildman–Crippen LogP) is 31.4. The van der Waals surface area contributed by atoms with Gasteiger partial charge in [-0.2, -0.15) is 0 Å². The van der Waals surface area contributed by atoms with Crippen LogP contribution in [0.2, 0.25) is 0 Å². The largest absolute Gasteiger partial charge is 0.309 e. The van der Waals surface area contributed by atoms with Gasteiger partial charge in [0.25, 0.3) is 0 Å². The summed E-state index contributed by atoms with van der Waals surface area (Å²) >= 11 is 0. The summed E-state index contributed by atoms with van der Waals surface area (Å²) in [6.07, 6.45) is 0. The van der Waals surface area contributed by atoms with Crippen LogP contribution in [0.3, 0.4) is 0 Å². The molecule has 0 bridgehead atoms. The normalized spacial score (nSPS) is 12.1. The molecule has 7 aromatic heterocycles. The molecule has 0 aliphatic heterocycles. The minimum absolute atomic E-state index is 0.652. The SMILES string of the molecule is c1ccc(-n2c3ccccc3c3cc(-c4ccc5c(c4)c4cc(-c6ccc7c(c6)c6ccccc6n7-c6ccccc6)ccc4n5-c4ccc(-c5nc(-c6ccc(-n7c8ccc(-c9ccc%10c(c9)c9ccccc9n%10-c9ccccc9)cc8c8cc(-c9ccc%10c(c9)c9ccccc9n%10-c9ccccc9)ccc87)cc6)c6c(ccc7ccccc76)n5)cc4)ccc32)cc1. The molecule has 27 aromatic rings. The maximum atomic E-state index is 5.71. The van der Waals surface area contributed by atoms with E-state index in [-0.39, 0.29) is 0 Å². The fraction of sp³-hybridized carbons (Fsp3) is 0. The van der Waals surface area contributed by atoms with Crippen LogP contribution in [0.25, 0.3) is 254 Å². The Morgan fingerprint density at radius 1 is 0.141 bits per heavy atom. The van der Waals surface area contributed by atoms with Gasteiger partial charge in [0.05, 0.1) is 77.4 Å². The van der Waals surface area contributed by atoms with Crippen molar-refractivity contribution in [3.05, 3.63) is 449 Å². The number of hydrogen-bond donors (Lipinski definition) is 0. The fourth-order valence-electron chi connectivity index (χ4n) is 21.1. The first-order valence-corrected chi connectivity index (χ1v) is 43.9. The zero-order chi connectivity index (χ0) is 83.8. The number of aromatic nitrogens is 8. The van der Waals surface area contributed by atoms with Gasteiger partial charge in [0.15, 0.2) is 5.82 Å². The van der Waals surface area contributed by atoms with Crippen LogP contribution in [-0.2, 0) is 0 Å². The van der Waals surface area contributed by atoms with Crippen molar-refractivity contribution in [1.82, 2.24) is 37.4 Å². The van der Waals surface area contributed by atoms with E-state index in [9.17, 15) is 0 Å². The van der Waals surface area contributed by atoms with E-state index in [0.29, 0.717) is 5.82 Å². The van der Waals surface area contributed by atoms with Crippen LogP contribution in [0.15, 0.2) is 449 Å². The first-order chi connectivity index (χ1) is 63.5. The maximum Gasteiger partial charge on any atom is 0.160 e. The molecule has 0 fully saturated rings. The van der Waals surface area contributed by atoms with Crippen LogP contribution >= 0.6 is 0 Å². The minimum atomic E-state index is 0.652. The van der Waals surface area contributed by atoms with Gasteiger partial charge in [-0.3, -0.25) is 0 Å². The van der Waals surface area contributed by atoms with Gasteiger partial charge in [-0.1, -0.05) is 237 Å². The van der Waals surface area contributed by atoms with Crippen molar-refractivity contribution in [3.63, 3.8) is 0 Å². The molecule has 0 unspecified atom stereocenters. The first kappa shape index (κ1) is 71.4. The first-order valence-electron chi connectivity index (χ1n) is 43.9. The highest BCUT2D eigenvalue weighted by Crippen LogP contribution is 2.47. The van der Waals surface area contributed by atoms with Gasteiger partial charge >= 0.3 is 0 Å². The number of para-hydroxylation sites is 8. The molecular weight excluding hydrogens is 1550 g/mol. The number of benzene rings is 20. The van der Waals surface area contributed by atoms with Crippen LogP contribution in [-0.4, -0.2) is 37.4 Å². The van der Waals surface area contributed by atoms with Crippen molar-refractivity contribution in [3.8, 4) is 101 Å². The van der Waals surface area contributed by atoms with Crippen molar-refractivity contribution >= 4 is 153 Å². The maximum absolute atomic E-state index is 5.71. The predicted molar refractivity (Wildman–Crippen MR) is 536 cm³/mol. The van der Waals surface area contributed by atoms with Gasteiger partial charge in [-0.05, 0) is 268 Å². The average molecular weight is 1630 g/mol. The van der Waals surface area contributed by atoms with E-state index >= 15 is 0 Å². The van der Waals surface area contributed by atoms with Crippen LogP contribution in [0.4, 0.5) is 0 Å². The smallest absolute Gasteiger partial charge is 0.160 e. The van der Waals surface area contributed by atoms with Crippen molar-refractivity contribution in [2.24, 2.45) is 0 Å². The molecule has 0 atom stereocenters. The highest BCUT2D eigenvalue weighted by molar-refractivity contribution is 6.19. The number of nitrogens with zero attached hydrogens (tertiary/aromatic N) is 8. The summed E-state index contributed by atoms with van der Waals surface area (Å²) in [6.45, 7) is 0. The van der Waals surface area contributed by atoms with Gasteiger partial charge in [0.1, 0.15) is 0 Å². The molecule has 8 nitrogen and oxygen atoms in total. The molecule has 20 aromatic carbocycles. The lowest BCUT2D eigenvalue weighted by atomic mass is 9.98. The van der Waals surface area contributed by atoms with Crippen LogP contribution in [0, 0.1) is 0 Å². The minimum Gasteiger partial charge on any atom is -0.309 e. The molecule has 7 heterocycles. The van der Waals surface area contributed by atoms with Gasteiger partial charge in [-0.25, -0.2) is 9.97 Å². The Labute approximate surface area is 735 Å². The molecule has 128 heavy (non-hydrogen) atoms. The van der Waals surface area contributed by atoms with Crippen molar-refractivity contribution in [2.45, 2.75) is 0 Å². The quantitative estimate of drug-likeness (QED) is 0.114. The van der Waals surface area contributed by atoms with E-state index in [1.54, 1.807) is 0 Å². The summed E-state index contributed by atoms with van der Waals surface area (Å²) in [5.41, 5.74) is 33.5. The van der Waals surface area contributed by atoms with E-state index < -0.39 is 0 Å². The zero-order valence-corrected chi connectivity index (χ0v) is 69.3. The standard InChI is InChI=1S/C120H74N8/c1-5-24-86(25-6-1)123-106-37-19-15-33-93(106)97-67-78(46-59-110(97)123)82-50-63-114-101(71-82)102-72-83(79-47-60-111-98(68-79)94-34-16-20-38-107(94)124(111)87-26-7-2-8-27-87)51-64-115(102)127(114)90-54-41-76(42-55-90)119-118-92-32-14-13-23-75(92)45-58-105(118)121-120(122-119)77-43-56-91(57-44-77)128-116-65-52-84(80-48-61-112-99(69-80)95-35-17-21-39-108(95)125(112)88-28-9-3-10-29-88)73-103(116)104-74-85(53-66-117(104)128)81-49-62-113-100(70-81)96-36-18-22-40-109(96)126(113)89-30-11-4-12-31-89/h1-74H. The highest BCUT2D eigenvalue weighted by atomic mass is 15.0. The van der Waals surface area contributed by atoms with E-state index in [4.69, 9.17) is 9.97 Å². The summed E-state index contributed by atoms with van der Waals surface area (Å²) < 4.78 is 14.4. The summed E-state index contributed by atoms with van der Waals surface area (Å²) in [7, 11) is 0. The molecule has 0 radical (unpaired) electrons. The van der Waals surface area contributed by atoms with Crippen LogP contribution in [0.1, 0.15) is 0 Å². The van der Waals surface area contributed by atoms with Crippen molar-refractivity contribution < 1.29 is 0 Å². The Kier molecular flexibility index (Phi) is 15.7. The van der Waals surface area contributed by atoms with Gasteiger partial charge < -0.3 is 27.4 Å². The average Bonchev–Trinajstić information content (AvgIpc) is 1.54. The van der Waals surface area contributed by atoms with E-state index in [1.165, 1.54) is 109 Å². The topological polar surface area (TPSA) is 55.4 Å². The zero-order valence-electron chi connectivity index (χ0n) is 69.3. The Morgan fingerprint density at radius 3 is 0.648 bits per heavy atom. The van der Waals surface area contributed by atoms with E-state index in [1.807, 2.05) is 0 Å². The monoisotopic (exact) mass is 1630 g/mol. The van der Waals surface area contributed by atoms with Gasteiger partial charge in [0, 0.05) is 115 Å². The van der Waals surface area contributed by atoms with Crippen molar-refractivity contribution in [1.29, 1.82) is 0 Å². The van der Waals surface area contributed by atoms with Crippen LogP contribution < -0.4 is 0 Å². The summed E-state index contributed by atoms with van der Waals surface area (Å²) in [4.78, 5) is 11.2. The third kappa shape index (κ3) is 11.0. The Hall–Kier alpha value is -17.2. The lowest BCUT2D eigenvalue weighted by Crippen LogP contribution is -1.98. The Bertz CT molecular complexity index is 8860. The van der Waals surface area contributed by atoms with Gasteiger partial charge in [0.2, 0.25) is 0 Å². The third-order valence-electron chi connectivity index (χ3n) is 27.0. The second kappa shape index (κ2) is 28.2. The second-order valence-electron chi connectivity index (χ2n) is 33.9. The molecule has 27 rings (SSSR count). The van der Waals surface area contributed by atoms with Gasteiger partial charge in [-0.15, -0.1) is 0 Å². The summed E-state index contributed by atoms with van der Waals surface area (Å²) in [5, 5.41) is 17.7. The molecule has 0 aliphatic rings. The molecule has 0 saturated heterocycles. The van der Waals surface area contributed by atoms with Crippen molar-refractivity contribution in [2.75, 3.05) is 0 Å². The van der Waals surface area contributed by atoms with Crippen LogP contribution in [0.5, 0.6) is 0 Å². The molecule has 0 saturated carbocycles. The second-order valence-corrected chi connectivity index (χ2v) is 33.9.